The Hall–Kier alpha value is -0.653. The molecule has 0 aromatic carbocycles. The van der Waals surface area contributed by atoms with Crippen LogP contribution in [-0.2, 0) is 19.0 Å². The smallest absolute Gasteiger partial charge is 0.336 e. The largest absolute Gasteiger partial charge is 0.463 e. The molecule has 0 N–H and O–H groups in total. The van der Waals surface area contributed by atoms with Crippen LogP contribution < -0.4 is 0 Å². The standard InChI is InChI=1S/C18H34O4Si/c1-8-21-18(19)16(17-11-20-9-10-22-17)12-23(13(2)3,14(4)5)15(6)7/h12-15,17H,8-11H2,1-7H3/b16-12-. The van der Waals surface area contributed by atoms with E-state index in [1.165, 1.54) is 0 Å². The Morgan fingerprint density at radius 1 is 1.13 bits per heavy atom. The number of ether oxygens (including phenoxy) is 3. The molecule has 0 bridgehead atoms. The van der Waals surface area contributed by atoms with Gasteiger partial charge in [-0.3, -0.25) is 0 Å². The molecule has 23 heavy (non-hydrogen) atoms. The summed E-state index contributed by atoms with van der Waals surface area (Å²) in [5.41, 5.74) is 4.56. The van der Waals surface area contributed by atoms with E-state index in [0.29, 0.717) is 48.6 Å². The first-order chi connectivity index (χ1) is 10.8. The van der Waals surface area contributed by atoms with Gasteiger partial charge in [0, 0.05) is 0 Å². The first-order valence-corrected chi connectivity index (χ1v) is 11.2. The molecule has 1 heterocycles. The molecule has 134 valence electrons. The Labute approximate surface area is 142 Å². The van der Waals surface area contributed by atoms with Gasteiger partial charge in [-0.05, 0) is 23.5 Å². The third kappa shape index (κ3) is 4.67. The topological polar surface area (TPSA) is 44.8 Å². The molecule has 0 aromatic rings. The van der Waals surface area contributed by atoms with E-state index < -0.39 is 8.07 Å². The van der Waals surface area contributed by atoms with Crippen molar-refractivity contribution in [2.45, 2.75) is 71.2 Å². The number of hydrogen-bond donors (Lipinski definition) is 0. The van der Waals surface area contributed by atoms with Crippen molar-refractivity contribution < 1.29 is 19.0 Å². The van der Waals surface area contributed by atoms with E-state index in [-0.39, 0.29) is 12.1 Å². The molecule has 1 atom stereocenters. The summed E-state index contributed by atoms with van der Waals surface area (Å²) >= 11 is 0. The first kappa shape index (κ1) is 20.4. The van der Waals surface area contributed by atoms with Crippen molar-refractivity contribution in [1.82, 2.24) is 0 Å². The quantitative estimate of drug-likeness (QED) is 0.397. The van der Waals surface area contributed by atoms with Crippen molar-refractivity contribution in [2.75, 3.05) is 26.4 Å². The summed E-state index contributed by atoms with van der Waals surface area (Å²) in [4.78, 5) is 12.6. The van der Waals surface area contributed by atoms with E-state index in [1.54, 1.807) is 0 Å². The lowest BCUT2D eigenvalue weighted by Gasteiger charge is -2.42. The summed E-state index contributed by atoms with van der Waals surface area (Å²) in [5.74, 6) is -0.248. The van der Waals surface area contributed by atoms with Crippen LogP contribution in [0.4, 0.5) is 0 Å². The summed E-state index contributed by atoms with van der Waals surface area (Å²) in [6.45, 7) is 17.5. The molecule has 1 unspecified atom stereocenters. The van der Waals surface area contributed by atoms with Gasteiger partial charge >= 0.3 is 5.97 Å². The predicted molar refractivity (Wildman–Crippen MR) is 96.3 cm³/mol. The highest BCUT2D eigenvalue weighted by molar-refractivity contribution is 6.88. The van der Waals surface area contributed by atoms with Gasteiger partial charge < -0.3 is 14.2 Å². The maximum absolute atomic E-state index is 12.6. The van der Waals surface area contributed by atoms with E-state index in [0.717, 1.165) is 0 Å². The maximum atomic E-state index is 12.6. The van der Waals surface area contributed by atoms with Gasteiger partial charge in [0.15, 0.2) is 0 Å². The van der Waals surface area contributed by atoms with E-state index in [2.05, 4.69) is 47.2 Å². The molecule has 0 saturated carbocycles. The number of hydrogen-bond acceptors (Lipinski definition) is 4. The normalized spacial score (nSPS) is 20.4. The Morgan fingerprint density at radius 3 is 2.09 bits per heavy atom. The van der Waals surface area contributed by atoms with Crippen molar-refractivity contribution in [1.29, 1.82) is 0 Å². The minimum absolute atomic E-state index is 0.248. The van der Waals surface area contributed by atoms with Gasteiger partial charge in [0.25, 0.3) is 0 Å². The van der Waals surface area contributed by atoms with Crippen LogP contribution in [0.25, 0.3) is 0 Å². The molecular formula is C18H34O4Si. The molecule has 1 aliphatic rings. The minimum atomic E-state index is -1.86. The summed E-state index contributed by atoms with van der Waals surface area (Å²) < 4.78 is 16.7. The van der Waals surface area contributed by atoms with Crippen LogP contribution in [0.15, 0.2) is 11.3 Å². The molecular weight excluding hydrogens is 308 g/mol. The lowest BCUT2D eigenvalue weighted by atomic mass is 10.1. The zero-order valence-corrected chi connectivity index (χ0v) is 16.8. The van der Waals surface area contributed by atoms with Gasteiger partial charge in [-0.1, -0.05) is 47.2 Å². The average Bonchev–Trinajstić information content (AvgIpc) is 2.48. The second-order valence-corrected chi connectivity index (χ2v) is 13.0. The van der Waals surface area contributed by atoms with Crippen LogP contribution in [0.1, 0.15) is 48.5 Å². The Kier molecular flexibility index (Phi) is 7.97. The number of carbonyl (C=O) groups excluding carboxylic acids is 1. The fourth-order valence-electron chi connectivity index (χ4n) is 3.93. The van der Waals surface area contributed by atoms with Crippen molar-refractivity contribution >= 4 is 14.0 Å². The molecule has 0 spiro atoms. The SMILES string of the molecule is CCOC(=O)/C(=C\[Si](C(C)C)(C(C)C)C(C)C)C1COCCO1. The Balaban J connectivity index is 3.33. The fourth-order valence-corrected chi connectivity index (χ4v) is 9.78. The van der Waals surface area contributed by atoms with Crippen LogP contribution in [0.5, 0.6) is 0 Å². The fraction of sp³-hybridized carbons (Fsp3) is 0.833. The van der Waals surface area contributed by atoms with Gasteiger partial charge in [-0.2, -0.15) is 0 Å². The first-order valence-electron chi connectivity index (χ1n) is 8.86. The van der Waals surface area contributed by atoms with Crippen LogP contribution in [0, 0.1) is 0 Å². The number of rotatable bonds is 7. The molecule has 1 aliphatic heterocycles. The number of esters is 1. The van der Waals surface area contributed by atoms with Crippen LogP contribution in [-0.4, -0.2) is 46.6 Å². The third-order valence-electron chi connectivity index (χ3n) is 5.08. The van der Waals surface area contributed by atoms with Crippen molar-refractivity contribution in [3.63, 3.8) is 0 Å². The zero-order valence-electron chi connectivity index (χ0n) is 15.8. The van der Waals surface area contributed by atoms with Gasteiger partial charge in [-0.15, -0.1) is 0 Å². The van der Waals surface area contributed by atoms with Gasteiger partial charge in [-0.25, -0.2) is 4.79 Å². The highest BCUT2D eigenvalue weighted by atomic mass is 28.3. The summed E-state index contributed by atoms with van der Waals surface area (Å²) in [6.07, 6.45) is -0.300. The highest BCUT2D eigenvalue weighted by Gasteiger charge is 2.43. The molecule has 0 aliphatic carbocycles. The van der Waals surface area contributed by atoms with Gasteiger partial charge in [0.05, 0.1) is 40.1 Å². The number of carbonyl (C=O) groups is 1. The van der Waals surface area contributed by atoms with Crippen molar-refractivity contribution in [3.8, 4) is 0 Å². The van der Waals surface area contributed by atoms with E-state index >= 15 is 0 Å². The second-order valence-electron chi connectivity index (χ2n) is 7.22. The molecule has 0 amide bonds. The average molecular weight is 343 g/mol. The molecule has 1 fully saturated rings. The molecule has 0 radical (unpaired) electrons. The van der Waals surface area contributed by atoms with Gasteiger partial charge in [0.1, 0.15) is 6.10 Å². The van der Waals surface area contributed by atoms with E-state index in [9.17, 15) is 4.79 Å². The molecule has 1 rings (SSSR count). The molecule has 4 nitrogen and oxygen atoms in total. The molecule has 0 aromatic heterocycles. The highest BCUT2D eigenvalue weighted by Crippen LogP contribution is 2.43. The van der Waals surface area contributed by atoms with Crippen LogP contribution in [0.2, 0.25) is 16.6 Å². The molecule has 5 heteroatoms. The maximum Gasteiger partial charge on any atom is 0.336 e. The van der Waals surface area contributed by atoms with Crippen molar-refractivity contribution in [3.05, 3.63) is 11.3 Å². The predicted octanol–water partition coefficient (Wildman–Crippen LogP) is 4.11. The van der Waals surface area contributed by atoms with Crippen molar-refractivity contribution in [2.24, 2.45) is 0 Å². The lowest BCUT2D eigenvalue weighted by Crippen LogP contribution is -2.45. The third-order valence-corrected chi connectivity index (χ3v) is 11.9. The Bertz CT molecular complexity index is 387. The zero-order chi connectivity index (χ0) is 17.6. The minimum Gasteiger partial charge on any atom is -0.463 e. The van der Waals surface area contributed by atoms with E-state index in [4.69, 9.17) is 14.2 Å². The lowest BCUT2D eigenvalue weighted by molar-refractivity contribution is -0.142. The monoisotopic (exact) mass is 342 g/mol. The molecule has 1 saturated heterocycles. The van der Waals surface area contributed by atoms with Crippen LogP contribution >= 0.6 is 0 Å². The summed E-state index contributed by atoms with van der Waals surface area (Å²) in [7, 11) is -1.86. The van der Waals surface area contributed by atoms with Gasteiger partial charge in [0.2, 0.25) is 0 Å². The second kappa shape index (κ2) is 8.99. The Morgan fingerprint density at radius 2 is 1.70 bits per heavy atom. The summed E-state index contributed by atoms with van der Waals surface area (Å²) in [6, 6.07) is 0. The summed E-state index contributed by atoms with van der Waals surface area (Å²) in [5, 5.41) is 0. The van der Waals surface area contributed by atoms with Crippen LogP contribution in [0.3, 0.4) is 0 Å². The van der Waals surface area contributed by atoms with E-state index in [1.807, 2.05) is 6.92 Å².